The van der Waals surface area contributed by atoms with Crippen molar-refractivity contribution in [1.82, 2.24) is 14.7 Å². The molecule has 1 aliphatic carbocycles. The predicted molar refractivity (Wildman–Crippen MR) is 185 cm³/mol. The highest BCUT2D eigenvalue weighted by molar-refractivity contribution is 6.31. The van der Waals surface area contributed by atoms with Crippen LogP contribution in [0.2, 0.25) is 10.0 Å². The summed E-state index contributed by atoms with van der Waals surface area (Å²) < 4.78 is 45.5. The second kappa shape index (κ2) is 13.6. The van der Waals surface area contributed by atoms with Crippen molar-refractivity contribution in [3.8, 4) is 6.07 Å². The predicted octanol–water partition coefficient (Wildman–Crippen LogP) is 7.74. The Hall–Kier alpha value is -3.07. The first-order chi connectivity index (χ1) is 23.1. The van der Waals surface area contributed by atoms with Gasteiger partial charge in [-0.25, -0.2) is 8.78 Å². The minimum Gasteiger partial charge on any atom is -0.371 e. The number of nitrogens with one attached hydrogen (secondary N) is 1. The molecule has 3 aromatic rings. The Morgan fingerprint density at radius 1 is 1.16 bits per heavy atom. The molecule has 49 heavy (non-hydrogen) atoms. The van der Waals surface area contributed by atoms with Crippen LogP contribution >= 0.6 is 23.2 Å². The highest BCUT2D eigenvalue weighted by Gasteiger charge is 2.65. The van der Waals surface area contributed by atoms with Gasteiger partial charge in [-0.15, -0.1) is 0 Å². The Morgan fingerprint density at radius 3 is 2.53 bits per heavy atom. The molecule has 0 spiro atoms. The smallest absolute Gasteiger partial charge is 0.243 e. The van der Waals surface area contributed by atoms with E-state index in [2.05, 4.69) is 16.5 Å². The number of aromatic nitrogens is 2. The van der Waals surface area contributed by atoms with E-state index in [0.717, 1.165) is 12.8 Å². The Labute approximate surface area is 296 Å². The average Bonchev–Trinajstić information content (AvgIpc) is 3.95. The van der Waals surface area contributed by atoms with Crippen LogP contribution in [0.1, 0.15) is 70.9 Å². The Bertz CT molecular complexity index is 1750. The van der Waals surface area contributed by atoms with E-state index in [1.54, 1.807) is 29.1 Å². The van der Waals surface area contributed by atoms with Crippen LogP contribution in [0, 0.1) is 34.3 Å². The maximum absolute atomic E-state index is 16.3. The number of likely N-dealkylation sites (tertiary alicyclic amines) is 1. The average molecular weight is 715 g/mol. The minimum absolute atomic E-state index is 0.0669. The van der Waals surface area contributed by atoms with Crippen molar-refractivity contribution in [2.75, 3.05) is 25.1 Å². The molecule has 1 aromatic heterocycles. The summed E-state index contributed by atoms with van der Waals surface area (Å²) in [5, 5.41) is 19.0. The van der Waals surface area contributed by atoms with Gasteiger partial charge < -0.3 is 14.8 Å². The van der Waals surface area contributed by atoms with Crippen LogP contribution < -0.4 is 5.32 Å². The summed E-state index contributed by atoms with van der Waals surface area (Å²) in [5.41, 5.74) is -2.45. The van der Waals surface area contributed by atoms with Gasteiger partial charge in [0, 0.05) is 41.4 Å². The summed E-state index contributed by atoms with van der Waals surface area (Å²) in [6.07, 6.45) is 4.23. The third-order valence-corrected chi connectivity index (χ3v) is 10.2. The first kappa shape index (κ1) is 35.7. The number of nitriles is 1. The number of ether oxygens (including phenoxy) is 2. The molecular weight excluding hydrogens is 671 g/mol. The summed E-state index contributed by atoms with van der Waals surface area (Å²) in [7, 11) is 0. The van der Waals surface area contributed by atoms with Crippen molar-refractivity contribution >= 4 is 34.9 Å². The number of rotatable bonds is 12. The van der Waals surface area contributed by atoms with Gasteiger partial charge in [0.1, 0.15) is 23.2 Å². The standard InChI is InChI=1S/C37H43Cl2F2N5O3/c1-35(2,3)16-29-37(20-42,26-12-11-23(38)15-28(26)40)31(25-7-6-8-27(39)32(25)41)33(46(29)17-22-9-10-22)34(47)43-30-13-14-45(44-30)21-36(4,5)49-19-24-18-48-24/h6-8,11-15,22,24,29,31,33H,9-10,16-19,21H2,1-5H3,(H,43,44,47)/t24-,29+,31+,33-,37+/m1/s1. The molecular formula is C37H43Cl2F2N5O3. The molecule has 1 amide bonds. The van der Waals surface area contributed by atoms with Crippen LogP contribution in [0.4, 0.5) is 14.6 Å². The van der Waals surface area contributed by atoms with Gasteiger partial charge in [-0.1, -0.05) is 62.2 Å². The number of hydrogen-bond acceptors (Lipinski definition) is 6. The SMILES string of the molecule is CC(C)(C)C[C@@H]1N(CC2CC2)[C@@H](C(=O)Nc2ccn(CC(C)(C)OC[C@H]3CO3)n2)[C@H](c2cccc(Cl)c2F)[C@@]1(C#N)c1ccc(Cl)cc1F. The van der Waals surface area contributed by atoms with Crippen LogP contribution in [0.15, 0.2) is 48.7 Å². The van der Waals surface area contributed by atoms with Gasteiger partial charge in [-0.05, 0) is 68.2 Å². The van der Waals surface area contributed by atoms with Crippen LogP contribution in [0.25, 0.3) is 0 Å². The molecule has 12 heteroatoms. The highest BCUT2D eigenvalue weighted by Crippen LogP contribution is 2.57. The number of amides is 1. The molecule has 3 heterocycles. The summed E-state index contributed by atoms with van der Waals surface area (Å²) >= 11 is 12.6. The minimum atomic E-state index is -1.70. The molecule has 3 aliphatic rings. The lowest BCUT2D eigenvalue weighted by Gasteiger charge is -2.39. The molecule has 262 valence electrons. The maximum atomic E-state index is 16.3. The van der Waals surface area contributed by atoms with Crippen molar-refractivity contribution in [2.24, 2.45) is 11.3 Å². The Morgan fingerprint density at radius 2 is 1.90 bits per heavy atom. The van der Waals surface area contributed by atoms with Crippen molar-refractivity contribution in [3.63, 3.8) is 0 Å². The highest BCUT2D eigenvalue weighted by atomic mass is 35.5. The molecule has 2 saturated heterocycles. The van der Waals surface area contributed by atoms with Crippen LogP contribution in [0.5, 0.6) is 0 Å². The number of hydrogen-bond donors (Lipinski definition) is 1. The fraction of sp³-hybridized carbons (Fsp3) is 0.541. The van der Waals surface area contributed by atoms with E-state index in [0.29, 0.717) is 38.5 Å². The van der Waals surface area contributed by atoms with E-state index in [1.165, 1.54) is 24.3 Å². The normalized spacial score (nSPS) is 25.7. The Kier molecular flexibility index (Phi) is 9.90. The van der Waals surface area contributed by atoms with Crippen molar-refractivity contribution in [3.05, 3.63) is 81.5 Å². The molecule has 1 N–H and O–H groups in total. The second-order valence-electron chi connectivity index (χ2n) is 15.5. The van der Waals surface area contributed by atoms with E-state index < -0.39 is 46.6 Å². The maximum Gasteiger partial charge on any atom is 0.243 e. The number of halogens is 4. The van der Waals surface area contributed by atoms with Gasteiger partial charge >= 0.3 is 0 Å². The lowest BCUT2D eigenvalue weighted by Crippen LogP contribution is -2.48. The lowest BCUT2D eigenvalue weighted by atomic mass is 9.62. The van der Waals surface area contributed by atoms with Gasteiger partial charge in [-0.3, -0.25) is 14.4 Å². The van der Waals surface area contributed by atoms with E-state index in [1.807, 2.05) is 39.5 Å². The molecule has 3 fully saturated rings. The number of benzene rings is 2. The summed E-state index contributed by atoms with van der Waals surface area (Å²) in [4.78, 5) is 16.8. The van der Waals surface area contributed by atoms with Crippen LogP contribution in [-0.4, -0.2) is 64.1 Å². The molecule has 6 rings (SSSR count). The summed E-state index contributed by atoms with van der Waals surface area (Å²) in [5.74, 6) is -2.47. The topological polar surface area (TPSA) is 95.7 Å². The molecule has 8 nitrogen and oxygen atoms in total. The molecule has 0 radical (unpaired) electrons. The van der Waals surface area contributed by atoms with E-state index in [4.69, 9.17) is 32.7 Å². The molecule has 1 saturated carbocycles. The fourth-order valence-corrected chi connectivity index (χ4v) is 7.63. The molecule has 2 aromatic carbocycles. The van der Waals surface area contributed by atoms with E-state index in [9.17, 15) is 10.1 Å². The van der Waals surface area contributed by atoms with Gasteiger partial charge in [0.2, 0.25) is 5.91 Å². The number of carbonyl (C=O) groups is 1. The third kappa shape index (κ3) is 7.67. The molecule has 0 unspecified atom stereocenters. The van der Waals surface area contributed by atoms with Crippen LogP contribution in [0.3, 0.4) is 0 Å². The van der Waals surface area contributed by atoms with Gasteiger partial charge in [-0.2, -0.15) is 10.4 Å². The van der Waals surface area contributed by atoms with Crippen molar-refractivity contribution < 1.29 is 23.0 Å². The molecule has 2 aliphatic heterocycles. The largest absolute Gasteiger partial charge is 0.371 e. The molecule has 0 bridgehead atoms. The first-order valence-electron chi connectivity index (χ1n) is 16.8. The summed E-state index contributed by atoms with van der Waals surface area (Å²) in [6.45, 7) is 12.1. The van der Waals surface area contributed by atoms with Crippen molar-refractivity contribution in [2.45, 2.75) is 95.5 Å². The number of carbonyl (C=O) groups excluding carboxylic acids is 1. The third-order valence-electron chi connectivity index (χ3n) is 9.71. The first-order valence-corrected chi connectivity index (χ1v) is 17.5. The molecule has 5 atom stereocenters. The zero-order chi connectivity index (χ0) is 35.3. The fourth-order valence-electron chi connectivity index (χ4n) is 7.29. The zero-order valence-electron chi connectivity index (χ0n) is 28.5. The van der Waals surface area contributed by atoms with Gasteiger partial charge in [0.05, 0.1) is 42.5 Å². The number of anilines is 1. The van der Waals surface area contributed by atoms with E-state index >= 15 is 8.78 Å². The number of epoxide rings is 1. The van der Waals surface area contributed by atoms with Gasteiger partial charge in [0.15, 0.2) is 5.82 Å². The Balaban J connectivity index is 1.46. The van der Waals surface area contributed by atoms with Gasteiger partial charge in [0.25, 0.3) is 0 Å². The quantitative estimate of drug-likeness (QED) is 0.193. The van der Waals surface area contributed by atoms with E-state index in [-0.39, 0.29) is 38.6 Å². The monoisotopic (exact) mass is 713 g/mol. The van der Waals surface area contributed by atoms with Crippen LogP contribution in [-0.2, 0) is 26.2 Å². The van der Waals surface area contributed by atoms with Crippen molar-refractivity contribution in [1.29, 1.82) is 5.26 Å². The zero-order valence-corrected chi connectivity index (χ0v) is 30.0. The number of nitrogens with zero attached hydrogens (tertiary/aromatic N) is 4. The second-order valence-corrected chi connectivity index (χ2v) is 16.3. The summed E-state index contributed by atoms with van der Waals surface area (Å²) in [6, 6.07) is 11.2. The lowest BCUT2D eigenvalue weighted by molar-refractivity contribution is -0.121.